The molecule has 10 fully saturated rings. The number of rotatable bonds is 6. The molecular formula is C62H113LiO9Si2. The maximum Gasteiger partial charge on any atom is 1.00 e. The van der Waals surface area contributed by atoms with Crippen LogP contribution < -0.4 is 18.9 Å². The Kier molecular flexibility index (Phi) is 18.3. The fourth-order valence-corrected chi connectivity index (χ4v) is 20.9. The predicted molar refractivity (Wildman–Crippen MR) is 301 cm³/mol. The monoisotopic (exact) mass is 1060 g/mol. The summed E-state index contributed by atoms with van der Waals surface area (Å²) in [6, 6.07) is 0. The normalized spacial score (nSPS) is 46.6. The van der Waals surface area contributed by atoms with Gasteiger partial charge in [0.2, 0.25) is 0 Å². The number of ketones is 1. The number of hydrogen-bond donors (Lipinski definition) is 1. The summed E-state index contributed by atoms with van der Waals surface area (Å²) in [4.78, 5) is 14.1. The molecule has 0 aromatic heterocycles. The molecule has 9 nitrogen and oxygen atoms in total. The van der Waals surface area contributed by atoms with Crippen molar-refractivity contribution < 1.29 is 61.3 Å². The van der Waals surface area contributed by atoms with Crippen molar-refractivity contribution in [2.24, 2.45) is 69.0 Å². The Morgan fingerprint density at radius 1 is 0.554 bits per heavy atom. The minimum absolute atomic E-state index is 0. The van der Waals surface area contributed by atoms with Crippen molar-refractivity contribution in [3.05, 3.63) is 7.43 Å². The molecule has 19 atom stereocenters. The van der Waals surface area contributed by atoms with Crippen molar-refractivity contribution >= 4 is 22.4 Å². The largest absolute Gasteiger partial charge is 1.00 e. The van der Waals surface area contributed by atoms with Gasteiger partial charge in [-0.25, -0.2) is 0 Å². The van der Waals surface area contributed by atoms with E-state index < -0.39 is 39.2 Å². The average Bonchev–Trinajstić information content (AvgIpc) is 3.97. The van der Waals surface area contributed by atoms with Crippen molar-refractivity contribution in [3.8, 4) is 0 Å². The number of hydrogen-bond acceptors (Lipinski definition) is 9. The maximum absolute atomic E-state index is 14.1. The van der Waals surface area contributed by atoms with Crippen LogP contribution in [0.25, 0.3) is 0 Å². The molecule has 10 aliphatic rings. The van der Waals surface area contributed by atoms with Crippen LogP contribution in [0, 0.1) is 76.4 Å². The third-order valence-electron chi connectivity index (χ3n) is 24.1. The van der Waals surface area contributed by atoms with E-state index in [1.54, 1.807) is 0 Å². The molecule has 8 saturated carbocycles. The SMILES string of the molecule is CC1(C)O[C@@H]2C3C(CC(=O)[C@@]4(C)C3CC[C@@H]4O[Si](C)(C)C(C)(C)C)[C@@]3(C)CCCCC3[C@H]2O1.CC1(C)O[C@@H]2C3C(CC(C)(O)[C@@]4(C)C3CC[C@@H]4O[Si](C)(C)C(C)(C)C)[C@@]3(C)CCCCC3[C@H]2O1.CCOCC.[CH3-].[Li+]. The number of Topliss-reactive ketones (excluding diaryl/α,β-unsaturated/α-hetero) is 1. The van der Waals surface area contributed by atoms with Gasteiger partial charge in [-0.05, 0) is 208 Å². The Morgan fingerprint density at radius 3 is 1.41 bits per heavy atom. The van der Waals surface area contributed by atoms with Crippen molar-refractivity contribution in [1.82, 2.24) is 0 Å². The summed E-state index contributed by atoms with van der Waals surface area (Å²) in [6.45, 7) is 49.1. The van der Waals surface area contributed by atoms with Crippen LogP contribution in [0.4, 0.5) is 0 Å². The van der Waals surface area contributed by atoms with E-state index in [-0.39, 0.29) is 89.2 Å². The van der Waals surface area contributed by atoms with Gasteiger partial charge in [0.1, 0.15) is 5.78 Å². The van der Waals surface area contributed by atoms with Gasteiger partial charge in [-0.15, -0.1) is 0 Å². The summed E-state index contributed by atoms with van der Waals surface area (Å²) >= 11 is 0. The van der Waals surface area contributed by atoms with Gasteiger partial charge >= 0.3 is 18.9 Å². The molecule has 0 bridgehead atoms. The van der Waals surface area contributed by atoms with E-state index in [4.69, 9.17) is 32.5 Å². The molecule has 10 rings (SSSR count). The summed E-state index contributed by atoms with van der Waals surface area (Å²) in [5.41, 5.74) is -0.993. The summed E-state index contributed by atoms with van der Waals surface area (Å²) in [6.07, 6.45) is 16.7. The molecule has 74 heavy (non-hydrogen) atoms. The molecule has 424 valence electrons. The molecule has 0 spiro atoms. The van der Waals surface area contributed by atoms with Crippen LogP contribution in [0.2, 0.25) is 36.3 Å². The van der Waals surface area contributed by atoms with Crippen LogP contribution in [-0.2, 0) is 37.3 Å². The first-order chi connectivity index (χ1) is 33.0. The van der Waals surface area contributed by atoms with Crippen LogP contribution in [0.1, 0.15) is 208 Å². The second kappa shape index (κ2) is 21.3. The van der Waals surface area contributed by atoms with Crippen molar-refractivity contribution in [3.63, 3.8) is 0 Å². The van der Waals surface area contributed by atoms with Crippen LogP contribution in [0.15, 0.2) is 0 Å². The van der Waals surface area contributed by atoms with Gasteiger partial charge in [0.25, 0.3) is 0 Å². The van der Waals surface area contributed by atoms with Gasteiger partial charge in [0.05, 0.1) is 47.6 Å². The van der Waals surface area contributed by atoms with E-state index in [0.29, 0.717) is 59.5 Å². The van der Waals surface area contributed by atoms with Crippen LogP contribution in [-0.4, -0.2) is 94.5 Å². The average molecular weight is 1070 g/mol. The maximum atomic E-state index is 14.1. The van der Waals surface area contributed by atoms with E-state index in [1.807, 2.05) is 13.8 Å². The molecular weight excluding hydrogens is 952 g/mol. The Balaban J connectivity index is 0.000000216. The second-order valence-corrected chi connectivity index (χ2v) is 40.3. The van der Waals surface area contributed by atoms with E-state index in [2.05, 4.69) is 130 Å². The fourth-order valence-electron chi connectivity index (χ4n) is 18.1. The van der Waals surface area contributed by atoms with Crippen LogP contribution in [0.3, 0.4) is 0 Å². The zero-order valence-electron chi connectivity index (χ0n) is 52.1. The summed E-state index contributed by atoms with van der Waals surface area (Å²) in [5.74, 6) is 2.93. The van der Waals surface area contributed by atoms with Gasteiger partial charge < -0.3 is 45.1 Å². The van der Waals surface area contributed by atoms with Crippen molar-refractivity contribution in [2.75, 3.05) is 13.2 Å². The summed E-state index contributed by atoms with van der Waals surface area (Å²) in [5, 5.41) is 12.6. The molecule has 12 heteroatoms. The first kappa shape index (κ1) is 63.6. The predicted octanol–water partition coefficient (Wildman–Crippen LogP) is 12.1. The number of fused-ring (bicyclic) bond motifs is 16. The third-order valence-corrected chi connectivity index (χ3v) is 33.1. The Labute approximate surface area is 468 Å². The van der Waals surface area contributed by atoms with Crippen LogP contribution in [0.5, 0.6) is 0 Å². The van der Waals surface area contributed by atoms with Crippen molar-refractivity contribution in [2.45, 2.75) is 298 Å². The minimum Gasteiger partial charge on any atom is -0.413 e. The number of ether oxygens (including phenoxy) is 5. The first-order valence-corrected chi connectivity index (χ1v) is 35.7. The first-order valence-electron chi connectivity index (χ1n) is 29.9. The van der Waals surface area contributed by atoms with Gasteiger partial charge in [0, 0.05) is 25.0 Å². The molecule has 2 heterocycles. The molecule has 0 radical (unpaired) electrons. The smallest absolute Gasteiger partial charge is 0.413 e. The fraction of sp³-hybridized carbons (Fsp3) is 0.968. The summed E-state index contributed by atoms with van der Waals surface area (Å²) in [7, 11) is -3.93. The molecule has 8 aliphatic carbocycles. The zero-order chi connectivity index (χ0) is 53.4. The van der Waals surface area contributed by atoms with Gasteiger partial charge in [-0.2, -0.15) is 0 Å². The van der Waals surface area contributed by atoms with E-state index in [9.17, 15) is 9.90 Å². The molecule has 0 aromatic rings. The molecule has 9 unspecified atom stereocenters. The Hall–Kier alpha value is 0.381. The summed E-state index contributed by atoms with van der Waals surface area (Å²) < 4.78 is 45.9. The number of carbonyl (C=O) groups is 1. The van der Waals surface area contributed by atoms with Gasteiger partial charge in [-0.1, -0.05) is 88.0 Å². The molecule has 0 aromatic carbocycles. The van der Waals surface area contributed by atoms with Crippen molar-refractivity contribution in [1.29, 1.82) is 0 Å². The standard InChI is InChI=1S/C29H52O4Si.C28H48O4Si.C4H10O.CH3.Li/c1-25(2,3)34(9,10)33-21-15-14-18-22-20(17-28(7,30)29(18,21)8)27(6)16-12-11-13-19(27)23-24(22)32-26(4,5)31-23;1-25(2,3)33(8,9)32-21-14-13-17-22-19(16-20(29)28(17,21)7)27(6)15-11-10-12-18(27)23-24(22)31-26(4,5)30-23;1-3-5-4-2;;/h18-24,30H,11-17H2,1-10H3;17-19,21-24H,10-16H2,1-9H3;3-4H2,1-2H3;1H3;/q;;;-1;+1/t18?,19?,20?,21-,22?,23+,24+,27-,28?,29-;17?,18?,19?,21-,22?,23+,24+,27-,28+;;;/m00.../s1. The number of aliphatic hydroxyl groups is 1. The zero-order valence-corrected chi connectivity index (χ0v) is 54.1. The van der Waals surface area contributed by atoms with E-state index in [0.717, 1.165) is 45.3 Å². The quantitative estimate of drug-likeness (QED) is 0.206. The minimum atomic E-state index is -1.97. The second-order valence-electron chi connectivity index (χ2n) is 30.8. The molecule has 0 amide bonds. The van der Waals surface area contributed by atoms with Gasteiger partial charge in [-0.3, -0.25) is 4.79 Å². The molecule has 1 N–H and O–H groups in total. The molecule has 2 aliphatic heterocycles. The van der Waals surface area contributed by atoms with Gasteiger partial charge in [0.15, 0.2) is 28.2 Å². The van der Waals surface area contributed by atoms with Crippen LogP contribution >= 0.6 is 0 Å². The third kappa shape index (κ3) is 10.4. The number of carbonyl (C=O) groups excluding carboxylic acids is 1. The Morgan fingerprint density at radius 2 is 0.959 bits per heavy atom. The van der Waals surface area contributed by atoms with E-state index >= 15 is 0 Å². The molecule has 2 saturated heterocycles. The topological polar surface area (TPSA) is 102 Å². The van der Waals surface area contributed by atoms with E-state index in [1.165, 1.54) is 51.4 Å². The Bertz CT molecular complexity index is 1960.